The molecule has 0 aliphatic heterocycles. The first-order chi connectivity index (χ1) is 10.0. The highest BCUT2D eigenvalue weighted by Gasteiger charge is 2.19. The Kier molecular flexibility index (Phi) is 4.81. The maximum Gasteiger partial charge on any atom is 0.256 e. The lowest BCUT2D eigenvalue weighted by molar-refractivity contribution is 0.0935. The lowest BCUT2D eigenvalue weighted by atomic mass is 10.1. The number of amides is 1. The van der Waals surface area contributed by atoms with E-state index in [-0.39, 0.29) is 16.6 Å². The molecule has 0 aromatic heterocycles. The molecule has 0 aliphatic rings. The maximum absolute atomic E-state index is 13.7. The van der Waals surface area contributed by atoms with E-state index in [4.69, 9.17) is 16.3 Å². The molecule has 0 radical (unpaired) electrons. The predicted molar refractivity (Wildman–Crippen MR) is 80.3 cm³/mol. The number of rotatable bonds is 4. The van der Waals surface area contributed by atoms with Crippen LogP contribution < -0.4 is 10.1 Å². The van der Waals surface area contributed by atoms with Crippen LogP contribution in [0.5, 0.6) is 5.75 Å². The Balaban J connectivity index is 2.23. The summed E-state index contributed by atoms with van der Waals surface area (Å²) < 4.78 is 19.0. The first kappa shape index (κ1) is 15.3. The van der Waals surface area contributed by atoms with Gasteiger partial charge >= 0.3 is 0 Å². The molecule has 0 fully saturated rings. The highest BCUT2D eigenvalue weighted by atomic mass is 35.5. The van der Waals surface area contributed by atoms with E-state index >= 15 is 0 Å². The fourth-order valence-electron chi connectivity index (χ4n) is 2.09. The quantitative estimate of drug-likeness (QED) is 0.928. The molecule has 2 rings (SSSR count). The summed E-state index contributed by atoms with van der Waals surface area (Å²) in [6.07, 6.45) is 0. The van der Waals surface area contributed by atoms with Crippen LogP contribution in [0.4, 0.5) is 4.39 Å². The molecule has 0 bridgehead atoms. The Morgan fingerprint density at radius 1 is 1.24 bits per heavy atom. The first-order valence-electron chi connectivity index (χ1n) is 6.42. The molecule has 1 N–H and O–H groups in total. The molecule has 0 aliphatic carbocycles. The number of carbonyl (C=O) groups is 1. The summed E-state index contributed by atoms with van der Waals surface area (Å²) in [5.41, 5.74) is 0.654. The molecule has 1 unspecified atom stereocenters. The minimum atomic E-state index is -0.646. The number of hydrogen-bond donors (Lipinski definition) is 1. The number of carbonyl (C=O) groups excluding carboxylic acids is 1. The molecule has 0 heterocycles. The van der Waals surface area contributed by atoms with Gasteiger partial charge in [-0.3, -0.25) is 4.79 Å². The lowest BCUT2D eigenvalue weighted by Crippen LogP contribution is -2.28. The molecule has 2 aromatic carbocycles. The topological polar surface area (TPSA) is 38.3 Å². The van der Waals surface area contributed by atoms with Gasteiger partial charge in [-0.2, -0.15) is 0 Å². The van der Waals surface area contributed by atoms with E-state index < -0.39 is 11.7 Å². The fourth-order valence-corrected chi connectivity index (χ4v) is 2.33. The lowest BCUT2D eigenvalue weighted by Gasteiger charge is -2.17. The zero-order valence-corrected chi connectivity index (χ0v) is 12.4. The van der Waals surface area contributed by atoms with Crippen molar-refractivity contribution < 1.29 is 13.9 Å². The Morgan fingerprint density at radius 3 is 2.62 bits per heavy atom. The van der Waals surface area contributed by atoms with Gasteiger partial charge in [0.1, 0.15) is 11.6 Å². The first-order valence-corrected chi connectivity index (χ1v) is 6.80. The number of ether oxygens (including phenoxy) is 1. The van der Waals surface area contributed by atoms with Crippen molar-refractivity contribution in [2.24, 2.45) is 0 Å². The van der Waals surface area contributed by atoms with Crippen molar-refractivity contribution in [1.29, 1.82) is 0 Å². The second-order valence-electron chi connectivity index (χ2n) is 4.53. The standard InChI is InChI=1S/C16H15ClFNO2/c1-10(11-6-3-4-9-14(11)21-2)19-16(20)15-12(17)7-5-8-13(15)18/h3-10H,1-2H3,(H,19,20). The van der Waals surface area contributed by atoms with Crippen LogP contribution in [-0.2, 0) is 0 Å². The van der Waals surface area contributed by atoms with Crippen LogP contribution in [0.15, 0.2) is 42.5 Å². The van der Waals surface area contributed by atoms with Crippen molar-refractivity contribution in [3.05, 3.63) is 64.4 Å². The van der Waals surface area contributed by atoms with Crippen LogP contribution in [0.1, 0.15) is 28.9 Å². The molecule has 3 nitrogen and oxygen atoms in total. The number of hydrogen-bond acceptors (Lipinski definition) is 2. The van der Waals surface area contributed by atoms with Gasteiger partial charge in [-0.25, -0.2) is 4.39 Å². The smallest absolute Gasteiger partial charge is 0.256 e. The van der Waals surface area contributed by atoms with E-state index in [9.17, 15) is 9.18 Å². The van der Waals surface area contributed by atoms with Crippen LogP contribution in [0.2, 0.25) is 5.02 Å². The van der Waals surface area contributed by atoms with Crippen LogP contribution in [0.25, 0.3) is 0 Å². The molecule has 2 aromatic rings. The van der Waals surface area contributed by atoms with E-state index in [1.807, 2.05) is 18.2 Å². The monoisotopic (exact) mass is 307 g/mol. The van der Waals surface area contributed by atoms with Gasteiger partial charge < -0.3 is 10.1 Å². The SMILES string of the molecule is COc1ccccc1C(C)NC(=O)c1c(F)cccc1Cl. The molecule has 1 amide bonds. The Hall–Kier alpha value is -2.07. The van der Waals surface area contributed by atoms with Crippen molar-refractivity contribution in [3.8, 4) is 5.75 Å². The van der Waals surface area contributed by atoms with Gasteiger partial charge in [0.2, 0.25) is 0 Å². The molecule has 0 saturated carbocycles. The maximum atomic E-state index is 13.7. The average Bonchev–Trinajstić information content (AvgIpc) is 2.46. The summed E-state index contributed by atoms with van der Waals surface area (Å²) in [7, 11) is 1.56. The third-order valence-electron chi connectivity index (χ3n) is 3.14. The van der Waals surface area contributed by atoms with E-state index in [1.165, 1.54) is 18.2 Å². The van der Waals surface area contributed by atoms with Crippen molar-refractivity contribution in [3.63, 3.8) is 0 Å². The minimum absolute atomic E-state index is 0.0831. The Labute approximate surface area is 127 Å². The van der Waals surface area contributed by atoms with Gasteiger partial charge in [-0.1, -0.05) is 35.9 Å². The normalized spacial score (nSPS) is 11.8. The highest BCUT2D eigenvalue weighted by Crippen LogP contribution is 2.25. The average molecular weight is 308 g/mol. The van der Waals surface area contributed by atoms with Crippen molar-refractivity contribution in [1.82, 2.24) is 5.32 Å². The summed E-state index contributed by atoms with van der Waals surface area (Å²) in [4.78, 5) is 12.2. The van der Waals surface area contributed by atoms with E-state index in [0.717, 1.165) is 5.56 Å². The Bertz CT molecular complexity index is 640. The predicted octanol–water partition coefficient (Wildman–Crippen LogP) is 3.98. The summed E-state index contributed by atoms with van der Waals surface area (Å²) in [5.74, 6) is -0.548. The van der Waals surface area contributed by atoms with Crippen LogP contribution in [0.3, 0.4) is 0 Å². The minimum Gasteiger partial charge on any atom is -0.496 e. The summed E-state index contributed by atoms with van der Waals surface area (Å²) >= 11 is 5.89. The number of para-hydroxylation sites is 1. The van der Waals surface area contributed by atoms with E-state index in [1.54, 1.807) is 20.1 Å². The van der Waals surface area contributed by atoms with Gasteiger partial charge in [-0.05, 0) is 25.1 Å². The second-order valence-corrected chi connectivity index (χ2v) is 4.94. The molecule has 1 atom stereocenters. The van der Waals surface area contributed by atoms with Crippen molar-refractivity contribution in [2.75, 3.05) is 7.11 Å². The molecular weight excluding hydrogens is 293 g/mol. The third-order valence-corrected chi connectivity index (χ3v) is 3.46. The number of nitrogens with one attached hydrogen (secondary N) is 1. The largest absolute Gasteiger partial charge is 0.496 e. The second kappa shape index (κ2) is 6.59. The summed E-state index contributed by atoms with van der Waals surface area (Å²) in [6, 6.07) is 11.1. The van der Waals surface area contributed by atoms with Gasteiger partial charge in [0.25, 0.3) is 5.91 Å². The Morgan fingerprint density at radius 2 is 1.95 bits per heavy atom. The fraction of sp³-hybridized carbons (Fsp3) is 0.188. The number of halogens is 2. The molecule has 0 spiro atoms. The molecule has 5 heteroatoms. The van der Waals surface area contributed by atoms with Gasteiger partial charge in [0, 0.05) is 5.56 Å². The third kappa shape index (κ3) is 3.34. The van der Waals surface area contributed by atoms with Crippen molar-refractivity contribution in [2.45, 2.75) is 13.0 Å². The molecule has 0 saturated heterocycles. The van der Waals surface area contributed by atoms with Gasteiger partial charge in [0.15, 0.2) is 0 Å². The zero-order valence-electron chi connectivity index (χ0n) is 11.7. The molecule has 21 heavy (non-hydrogen) atoms. The molecular formula is C16H15ClFNO2. The number of methoxy groups -OCH3 is 1. The highest BCUT2D eigenvalue weighted by molar-refractivity contribution is 6.33. The summed E-state index contributed by atoms with van der Waals surface area (Å²) in [6.45, 7) is 1.80. The van der Waals surface area contributed by atoms with Crippen molar-refractivity contribution >= 4 is 17.5 Å². The zero-order chi connectivity index (χ0) is 15.4. The van der Waals surface area contributed by atoms with Crippen LogP contribution in [-0.4, -0.2) is 13.0 Å². The number of benzene rings is 2. The van der Waals surface area contributed by atoms with Crippen LogP contribution >= 0.6 is 11.6 Å². The van der Waals surface area contributed by atoms with E-state index in [0.29, 0.717) is 5.75 Å². The van der Waals surface area contributed by atoms with Gasteiger partial charge in [0.05, 0.1) is 23.7 Å². The summed E-state index contributed by atoms with van der Waals surface area (Å²) in [5, 5.41) is 2.81. The van der Waals surface area contributed by atoms with E-state index in [2.05, 4.69) is 5.32 Å². The van der Waals surface area contributed by atoms with Crippen LogP contribution in [0, 0.1) is 5.82 Å². The molecule has 110 valence electrons. The van der Waals surface area contributed by atoms with Gasteiger partial charge in [-0.15, -0.1) is 0 Å².